The van der Waals surface area contributed by atoms with Gasteiger partial charge in [0.15, 0.2) is 0 Å². The first-order valence-corrected chi connectivity index (χ1v) is 5.81. The second kappa shape index (κ2) is 4.63. The maximum atomic E-state index is 13.1. The Hall–Kier alpha value is -1.13. The van der Waals surface area contributed by atoms with Crippen molar-refractivity contribution < 1.29 is 9.13 Å². The van der Waals surface area contributed by atoms with E-state index in [-0.39, 0.29) is 17.3 Å². The van der Waals surface area contributed by atoms with Gasteiger partial charge in [-0.15, -0.1) is 0 Å². The van der Waals surface area contributed by atoms with Gasteiger partial charge < -0.3 is 15.4 Å². The molecule has 1 fully saturated rings. The van der Waals surface area contributed by atoms with Crippen LogP contribution in [0.25, 0.3) is 0 Å². The Morgan fingerprint density at radius 2 is 2.35 bits per heavy atom. The quantitative estimate of drug-likeness (QED) is 0.869. The van der Waals surface area contributed by atoms with Gasteiger partial charge in [-0.2, -0.15) is 0 Å². The van der Waals surface area contributed by atoms with Crippen LogP contribution in [0.1, 0.15) is 6.92 Å². The number of ether oxygens (including phenoxy) is 1. The first-order chi connectivity index (χ1) is 8.01. The largest absolute Gasteiger partial charge is 0.379 e. The van der Waals surface area contributed by atoms with Crippen molar-refractivity contribution in [3.63, 3.8) is 0 Å². The van der Waals surface area contributed by atoms with Crippen LogP contribution in [0, 0.1) is 11.2 Å². The van der Waals surface area contributed by atoms with Gasteiger partial charge in [-0.3, -0.25) is 0 Å². The third kappa shape index (κ3) is 2.58. The molecule has 1 aliphatic rings. The lowest BCUT2D eigenvalue weighted by Gasteiger charge is -2.33. The fraction of sp³-hybridized carbons (Fsp3) is 0.538. The molecule has 94 valence electrons. The highest BCUT2D eigenvalue weighted by Gasteiger charge is 2.38. The Labute approximate surface area is 101 Å². The molecule has 0 aromatic heterocycles. The molecule has 0 bridgehead atoms. The van der Waals surface area contributed by atoms with E-state index in [4.69, 9.17) is 10.5 Å². The summed E-state index contributed by atoms with van der Waals surface area (Å²) in [7, 11) is 1.95. The molecule has 0 spiro atoms. The molecule has 2 unspecified atom stereocenters. The van der Waals surface area contributed by atoms with Crippen LogP contribution in [0.15, 0.2) is 24.3 Å². The molecule has 2 rings (SSSR count). The van der Waals surface area contributed by atoms with E-state index >= 15 is 0 Å². The van der Waals surface area contributed by atoms with Gasteiger partial charge >= 0.3 is 0 Å². The fourth-order valence-electron chi connectivity index (χ4n) is 2.24. The summed E-state index contributed by atoms with van der Waals surface area (Å²) in [5, 5.41) is 0. The van der Waals surface area contributed by atoms with E-state index in [2.05, 4.69) is 6.92 Å². The Morgan fingerprint density at radius 3 is 2.94 bits per heavy atom. The van der Waals surface area contributed by atoms with Crippen LogP contribution in [-0.4, -0.2) is 32.8 Å². The molecule has 2 N–H and O–H groups in total. The average Bonchev–Trinajstić information content (AvgIpc) is 2.59. The molecule has 3 nitrogen and oxygen atoms in total. The van der Waals surface area contributed by atoms with Gasteiger partial charge in [-0.1, -0.05) is 13.0 Å². The van der Waals surface area contributed by atoms with Crippen LogP contribution in [0.4, 0.5) is 10.1 Å². The SMILES string of the molecule is CN(CC1(C)COCC1N)c1cccc(F)c1. The van der Waals surface area contributed by atoms with Gasteiger partial charge in [-0.25, -0.2) is 4.39 Å². The van der Waals surface area contributed by atoms with Crippen molar-refractivity contribution in [1.29, 1.82) is 0 Å². The third-order valence-corrected chi connectivity index (χ3v) is 3.47. The zero-order chi connectivity index (χ0) is 12.5. The number of nitrogens with zero attached hydrogens (tertiary/aromatic N) is 1. The Balaban J connectivity index is 2.09. The molecular weight excluding hydrogens is 219 g/mol. The zero-order valence-electron chi connectivity index (χ0n) is 10.3. The molecule has 1 saturated heterocycles. The number of hydrogen-bond acceptors (Lipinski definition) is 3. The maximum absolute atomic E-state index is 13.1. The predicted molar refractivity (Wildman–Crippen MR) is 66.6 cm³/mol. The average molecular weight is 238 g/mol. The lowest BCUT2D eigenvalue weighted by atomic mass is 9.85. The van der Waals surface area contributed by atoms with Crippen LogP contribution in [0.3, 0.4) is 0 Å². The second-order valence-corrected chi connectivity index (χ2v) is 5.11. The zero-order valence-corrected chi connectivity index (χ0v) is 10.3. The molecule has 1 aromatic rings. The van der Waals surface area contributed by atoms with Gasteiger partial charge in [0.1, 0.15) is 5.82 Å². The first-order valence-electron chi connectivity index (χ1n) is 5.81. The molecule has 0 radical (unpaired) electrons. The molecule has 0 amide bonds. The highest BCUT2D eigenvalue weighted by molar-refractivity contribution is 5.45. The summed E-state index contributed by atoms with van der Waals surface area (Å²) in [5.74, 6) is -0.216. The van der Waals surface area contributed by atoms with Crippen molar-refractivity contribution in [2.75, 3.05) is 31.7 Å². The third-order valence-electron chi connectivity index (χ3n) is 3.47. The molecule has 2 atom stereocenters. The molecule has 0 aliphatic carbocycles. The summed E-state index contributed by atoms with van der Waals surface area (Å²) >= 11 is 0. The highest BCUT2D eigenvalue weighted by atomic mass is 19.1. The summed E-state index contributed by atoms with van der Waals surface area (Å²) in [5.41, 5.74) is 6.84. The number of halogens is 1. The first kappa shape index (κ1) is 12.3. The predicted octanol–water partition coefficient (Wildman–Crippen LogP) is 1.63. The monoisotopic (exact) mass is 238 g/mol. The summed E-state index contributed by atoms with van der Waals surface area (Å²) < 4.78 is 18.5. The van der Waals surface area contributed by atoms with Gasteiger partial charge in [-0.05, 0) is 18.2 Å². The number of anilines is 1. The van der Waals surface area contributed by atoms with Crippen molar-refractivity contribution in [3.8, 4) is 0 Å². The topological polar surface area (TPSA) is 38.5 Å². The lowest BCUT2D eigenvalue weighted by Crippen LogP contribution is -2.46. The van der Waals surface area contributed by atoms with E-state index in [0.717, 1.165) is 12.2 Å². The fourth-order valence-corrected chi connectivity index (χ4v) is 2.24. The smallest absolute Gasteiger partial charge is 0.125 e. The Morgan fingerprint density at radius 1 is 1.59 bits per heavy atom. The van der Waals surface area contributed by atoms with E-state index in [1.54, 1.807) is 6.07 Å². The van der Waals surface area contributed by atoms with Crippen molar-refractivity contribution in [2.45, 2.75) is 13.0 Å². The van der Waals surface area contributed by atoms with E-state index in [1.807, 2.05) is 18.0 Å². The summed E-state index contributed by atoms with van der Waals surface area (Å²) in [6.45, 7) is 4.14. The number of benzene rings is 1. The molecule has 4 heteroatoms. The number of rotatable bonds is 3. The van der Waals surface area contributed by atoms with E-state index in [0.29, 0.717) is 13.2 Å². The minimum absolute atomic E-state index is 0.0403. The van der Waals surface area contributed by atoms with Gasteiger partial charge in [0, 0.05) is 30.7 Å². The normalized spacial score (nSPS) is 28.4. The molecule has 17 heavy (non-hydrogen) atoms. The molecule has 0 saturated carbocycles. The summed E-state index contributed by atoms with van der Waals surface area (Å²) in [6, 6.07) is 6.63. The Kier molecular flexibility index (Phi) is 3.35. The van der Waals surface area contributed by atoms with Crippen molar-refractivity contribution in [2.24, 2.45) is 11.1 Å². The van der Waals surface area contributed by atoms with Gasteiger partial charge in [0.25, 0.3) is 0 Å². The van der Waals surface area contributed by atoms with Crippen molar-refractivity contribution in [3.05, 3.63) is 30.1 Å². The van der Waals surface area contributed by atoms with Crippen LogP contribution >= 0.6 is 0 Å². The van der Waals surface area contributed by atoms with Crippen LogP contribution in [0.2, 0.25) is 0 Å². The molecule has 1 aromatic carbocycles. The minimum atomic E-state index is -0.216. The van der Waals surface area contributed by atoms with Crippen LogP contribution in [0.5, 0.6) is 0 Å². The standard InChI is InChI=1S/C13H19FN2O/c1-13(9-17-7-12(13)15)8-16(2)11-5-3-4-10(14)6-11/h3-6,12H,7-9,15H2,1-2H3. The van der Waals surface area contributed by atoms with E-state index in [1.165, 1.54) is 12.1 Å². The molecular formula is C13H19FN2O. The second-order valence-electron chi connectivity index (χ2n) is 5.11. The minimum Gasteiger partial charge on any atom is -0.379 e. The molecule has 1 aliphatic heterocycles. The summed E-state index contributed by atoms with van der Waals surface area (Å²) in [4.78, 5) is 2.03. The van der Waals surface area contributed by atoms with Gasteiger partial charge in [0.2, 0.25) is 0 Å². The molecule has 1 heterocycles. The van der Waals surface area contributed by atoms with Crippen LogP contribution < -0.4 is 10.6 Å². The maximum Gasteiger partial charge on any atom is 0.125 e. The van der Waals surface area contributed by atoms with Crippen molar-refractivity contribution in [1.82, 2.24) is 0 Å². The number of nitrogens with two attached hydrogens (primary N) is 1. The van der Waals surface area contributed by atoms with Crippen molar-refractivity contribution >= 4 is 5.69 Å². The summed E-state index contributed by atoms with van der Waals surface area (Å²) in [6.07, 6.45) is 0. The lowest BCUT2D eigenvalue weighted by molar-refractivity contribution is 0.162. The van der Waals surface area contributed by atoms with Gasteiger partial charge in [0.05, 0.1) is 13.2 Å². The van der Waals surface area contributed by atoms with E-state index in [9.17, 15) is 4.39 Å². The number of hydrogen-bond donors (Lipinski definition) is 1. The van der Waals surface area contributed by atoms with E-state index < -0.39 is 0 Å². The Bertz CT molecular complexity index is 399. The van der Waals surface area contributed by atoms with Crippen LogP contribution in [-0.2, 0) is 4.74 Å². The highest BCUT2D eigenvalue weighted by Crippen LogP contribution is 2.29.